The van der Waals surface area contributed by atoms with Crippen molar-refractivity contribution in [1.82, 2.24) is 0 Å². The van der Waals surface area contributed by atoms with E-state index in [0.29, 0.717) is 10.9 Å². The molecule has 0 atom stereocenters. The Morgan fingerprint density at radius 3 is 2.56 bits per heavy atom. The summed E-state index contributed by atoms with van der Waals surface area (Å²) in [5.74, 6) is 0.605. The van der Waals surface area contributed by atoms with Gasteiger partial charge in [0, 0.05) is 22.3 Å². The van der Waals surface area contributed by atoms with Crippen molar-refractivity contribution in [2.24, 2.45) is 17.1 Å². The fourth-order valence-electron chi connectivity index (χ4n) is 1.40. The van der Waals surface area contributed by atoms with Crippen LogP contribution in [0.1, 0.15) is 33.3 Å². The SMILES string of the molecule is CC(C)C(C)(C)CNc1ccc(Br)cc1C(N)=S. The van der Waals surface area contributed by atoms with Gasteiger partial charge in [-0.2, -0.15) is 0 Å². The molecule has 0 bridgehead atoms. The molecule has 0 aromatic heterocycles. The van der Waals surface area contributed by atoms with Crippen molar-refractivity contribution in [3.8, 4) is 0 Å². The lowest BCUT2D eigenvalue weighted by molar-refractivity contribution is 0.269. The van der Waals surface area contributed by atoms with Gasteiger partial charge in [-0.3, -0.25) is 0 Å². The second-order valence-electron chi connectivity index (χ2n) is 5.55. The predicted molar refractivity (Wildman–Crippen MR) is 87.1 cm³/mol. The summed E-state index contributed by atoms with van der Waals surface area (Å²) in [4.78, 5) is 0.418. The average Bonchev–Trinajstić information content (AvgIpc) is 2.27. The molecule has 2 nitrogen and oxygen atoms in total. The molecule has 3 N–H and O–H groups in total. The Labute approximate surface area is 123 Å². The predicted octanol–water partition coefficient (Wildman–Crippen LogP) is 4.18. The average molecular weight is 329 g/mol. The van der Waals surface area contributed by atoms with Crippen molar-refractivity contribution in [2.45, 2.75) is 27.7 Å². The van der Waals surface area contributed by atoms with Gasteiger partial charge in [0.15, 0.2) is 0 Å². The highest BCUT2D eigenvalue weighted by molar-refractivity contribution is 9.10. The number of thiocarbonyl (C=S) groups is 1. The first kappa shape index (κ1) is 15.4. The maximum absolute atomic E-state index is 5.75. The molecule has 0 aliphatic rings. The Balaban J connectivity index is 2.89. The molecule has 0 aliphatic heterocycles. The summed E-state index contributed by atoms with van der Waals surface area (Å²) in [5, 5.41) is 3.46. The molecule has 100 valence electrons. The minimum absolute atomic E-state index is 0.223. The van der Waals surface area contributed by atoms with Crippen LogP contribution < -0.4 is 11.1 Å². The minimum atomic E-state index is 0.223. The van der Waals surface area contributed by atoms with Gasteiger partial charge in [-0.1, -0.05) is 55.8 Å². The van der Waals surface area contributed by atoms with Crippen LogP contribution in [0.3, 0.4) is 0 Å². The monoisotopic (exact) mass is 328 g/mol. The van der Waals surface area contributed by atoms with Gasteiger partial charge in [0.25, 0.3) is 0 Å². The third kappa shape index (κ3) is 3.95. The summed E-state index contributed by atoms with van der Waals surface area (Å²) in [7, 11) is 0. The van der Waals surface area contributed by atoms with Gasteiger partial charge in [-0.15, -0.1) is 0 Å². The molecule has 1 rings (SSSR count). The van der Waals surface area contributed by atoms with E-state index in [2.05, 4.69) is 48.9 Å². The molecule has 0 heterocycles. The van der Waals surface area contributed by atoms with Crippen LogP contribution in [0.15, 0.2) is 22.7 Å². The zero-order valence-electron chi connectivity index (χ0n) is 11.4. The molecule has 0 amide bonds. The van der Waals surface area contributed by atoms with Gasteiger partial charge in [-0.05, 0) is 29.5 Å². The lowest BCUT2D eigenvalue weighted by Crippen LogP contribution is -2.29. The molecule has 0 fully saturated rings. The van der Waals surface area contributed by atoms with Gasteiger partial charge < -0.3 is 11.1 Å². The quantitative estimate of drug-likeness (QED) is 0.796. The molecule has 0 unspecified atom stereocenters. The fraction of sp³-hybridized carbons (Fsp3) is 0.500. The normalized spacial score (nSPS) is 11.7. The molecule has 4 heteroatoms. The summed E-state index contributed by atoms with van der Waals surface area (Å²) < 4.78 is 0.985. The van der Waals surface area contributed by atoms with Crippen LogP contribution in [0, 0.1) is 11.3 Å². The van der Waals surface area contributed by atoms with E-state index in [4.69, 9.17) is 18.0 Å². The molecular formula is C14H21BrN2S. The number of halogens is 1. The minimum Gasteiger partial charge on any atom is -0.389 e. The smallest absolute Gasteiger partial charge is 0.106 e. The van der Waals surface area contributed by atoms with Crippen LogP contribution in [-0.2, 0) is 0 Å². The zero-order valence-corrected chi connectivity index (χ0v) is 13.8. The topological polar surface area (TPSA) is 38.0 Å². The van der Waals surface area contributed by atoms with E-state index in [1.54, 1.807) is 0 Å². The fourth-order valence-corrected chi connectivity index (χ4v) is 1.93. The molecular weight excluding hydrogens is 308 g/mol. The van der Waals surface area contributed by atoms with Crippen molar-refractivity contribution in [3.63, 3.8) is 0 Å². The first-order chi connectivity index (χ1) is 8.24. The van der Waals surface area contributed by atoms with Gasteiger partial charge in [0.05, 0.1) is 0 Å². The van der Waals surface area contributed by atoms with Crippen molar-refractivity contribution in [1.29, 1.82) is 0 Å². The third-order valence-corrected chi connectivity index (χ3v) is 4.26. The molecule has 1 aromatic carbocycles. The third-order valence-electron chi connectivity index (χ3n) is 3.54. The van der Waals surface area contributed by atoms with Crippen molar-refractivity contribution in [2.75, 3.05) is 11.9 Å². The molecule has 0 radical (unpaired) electrons. The summed E-state index contributed by atoms with van der Waals surface area (Å²) in [6.07, 6.45) is 0. The van der Waals surface area contributed by atoms with E-state index >= 15 is 0 Å². The number of hydrogen-bond donors (Lipinski definition) is 2. The summed E-state index contributed by atoms with van der Waals surface area (Å²) in [5.41, 5.74) is 7.86. The van der Waals surface area contributed by atoms with Crippen LogP contribution in [0.2, 0.25) is 0 Å². The zero-order chi connectivity index (χ0) is 13.9. The van der Waals surface area contributed by atoms with Crippen molar-refractivity contribution < 1.29 is 0 Å². The van der Waals surface area contributed by atoms with Crippen LogP contribution >= 0.6 is 28.1 Å². The summed E-state index contributed by atoms with van der Waals surface area (Å²) in [6, 6.07) is 5.95. The molecule has 0 aliphatic carbocycles. The molecule has 0 saturated heterocycles. The summed E-state index contributed by atoms with van der Waals surface area (Å²) in [6.45, 7) is 9.87. The lowest BCUT2D eigenvalue weighted by atomic mass is 9.81. The molecule has 0 spiro atoms. The Bertz CT molecular complexity index is 441. The Morgan fingerprint density at radius 1 is 1.44 bits per heavy atom. The largest absolute Gasteiger partial charge is 0.389 e. The van der Waals surface area contributed by atoms with Gasteiger partial charge in [0.2, 0.25) is 0 Å². The van der Waals surface area contributed by atoms with Crippen LogP contribution in [0.25, 0.3) is 0 Å². The van der Waals surface area contributed by atoms with Gasteiger partial charge in [-0.25, -0.2) is 0 Å². The van der Waals surface area contributed by atoms with E-state index in [-0.39, 0.29) is 5.41 Å². The standard InChI is InChI=1S/C14H21BrN2S/c1-9(2)14(3,4)8-17-12-6-5-10(15)7-11(12)13(16)18/h5-7,9,17H,8H2,1-4H3,(H2,16,18). The highest BCUT2D eigenvalue weighted by atomic mass is 79.9. The summed E-state index contributed by atoms with van der Waals surface area (Å²) >= 11 is 8.52. The maximum atomic E-state index is 5.75. The first-order valence-corrected chi connectivity index (χ1v) is 7.27. The van der Waals surface area contributed by atoms with E-state index in [1.807, 2.05) is 18.2 Å². The lowest BCUT2D eigenvalue weighted by Gasteiger charge is -2.30. The number of nitrogens with one attached hydrogen (secondary N) is 1. The highest BCUT2D eigenvalue weighted by Crippen LogP contribution is 2.28. The highest BCUT2D eigenvalue weighted by Gasteiger charge is 2.22. The van der Waals surface area contributed by atoms with Gasteiger partial charge in [0.1, 0.15) is 4.99 Å². The number of anilines is 1. The maximum Gasteiger partial charge on any atom is 0.106 e. The number of nitrogens with two attached hydrogens (primary N) is 1. The number of hydrogen-bond acceptors (Lipinski definition) is 2. The van der Waals surface area contributed by atoms with Crippen molar-refractivity contribution in [3.05, 3.63) is 28.2 Å². The second kappa shape index (κ2) is 6.02. The van der Waals surface area contributed by atoms with Crippen molar-refractivity contribution >= 4 is 38.8 Å². The Kier molecular flexibility index (Phi) is 5.17. The van der Waals surface area contributed by atoms with E-state index in [9.17, 15) is 0 Å². The molecule has 0 saturated carbocycles. The Morgan fingerprint density at radius 2 is 2.06 bits per heavy atom. The number of benzene rings is 1. The molecule has 1 aromatic rings. The van der Waals surface area contributed by atoms with E-state index in [1.165, 1.54) is 0 Å². The van der Waals surface area contributed by atoms with Crippen LogP contribution in [-0.4, -0.2) is 11.5 Å². The second-order valence-corrected chi connectivity index (χ2v) is 6.91. The van der Waals surface area contributed by atoms with E-state index in [0.717, 1.165) is 22.3 Å². The van der Waals surface area contributed by atoms with Crippen LogP contribution in [0.4, 0.5) is 5.69 Å². The number of rotatable bonds is 5. The first-order valence-electron chi connectivity index (χ1n) is 6.07. The van der Waals surface area contributed by atoms with Gasteiger partial charge >= 0.3 is 0 Å². The van der Waals surface area contributed by atoms with E-state index < -0.39 is 0 Å². The Hall–Kier alpha value is -0.610. The molecule has 18 heavy (non-hydrogen) atoms. The van der Waals surface area contributed by atoms with Crippen LogP contribution in [0.5, 0.6) is 0 Å².